The number of nitrogens with zero attached hydrogens (tertiary/aromatic N) is 1. The lowest BCUT2D eigenvalue weighted by atomic mass is 10.1. The Morgan fingerprint density at radius 3 is 2.04 bits per heavy atom. The van der Waals surface area contributed by atoms with Crippen molar-refractivity contribution in [2.24, 2.45) is 0 Å². The van der Waals surface area contributed by atoms with Crippen LogP contribution >= 0.6 is 0 Å². The number of aliphatic hydroxyl groups excluding tert-OH is 1. The van der Waals surface area contributed by atoms with Gasteiger partial charge in [0.15, 0.2) is 0 Å². The van der Waals surface area contributed by atoms with Gasteiger partial charge in [-0.1, -0.05) is 24.3 Å². The van der Waals surface area contributed by atoms with E-state index in [0.29, 0.717) is 0 Å². The van der Waals surface area contributed by atoms with Crippen LogP contribution in [0, 0.1) is 11.3 Å². The highest BCUT2D eigenvalue weighted by atomic mass is 32.3. The number of sulfone groups is 2. The molecule has 2 aromatic carbocycles. The second-order valence-electron chi connectivity index (χ2n) is 5.18. The number of rotatable bonds is 2. The molecule has 0 saturated heterocycles. The molecule has 24 heavy (non-hydrogen) atoms. The minimum Gasteiger partial charge on any atom is -0.383 e. The van der Waals surface area contributed by atoms with Crippen LogP contribution in [0.25, 0.3) is 0 Å². The summed E-state index contributed by atoms with van der Waals surface area (Å²) < 4.78 is 61.6. The Labute approximate surface area is 137 Å². The molecule has 0 radical (unpaired) electrons. The van der Waals surface area contributed by atoms with E-state index in [2.05, 4.69) is 0 Å². The van der Waals surface area contributed by atoms with Gasteiger partial charge < -0.3 is 5.11 Å². The maximum atomic E-state index is 15.5. The molecule has 0 aliphatic carbocycles. The van der Waals surface area contributed by atoms with E-state index in [4.69, 9.17) is 5.26 Å². The van der Waals surface area contributed by atoms with Crippen LogP contribution in [0.2, 0.25) is 0 Å². The van der Waals surface area contributed by atoms with E-state index >= 15 is 4.39 Å². The highest BCUT2D eigenvalue weighted by molar-refractivity contribution is 8.12. The summed E-state index contributed by atoms with van der Waals surface area (Å²) in [6.45, 7) is 0. The zero-order valence-electron chi connectivity index (χ0n) is 11.9. The van der Waals surface area contributed by atoms with Gasteiger partial charge in [-0.25, -0.2) is 21.2 Å². The third-order valence-electron chi connectivity index (χ3n) is 3.82. The van der Waals surface area contributed by atoms with Gasteiger partial charge in [0.1, 0.15) is 6.10 Å². The van der Waals surface area contributed by atoms with E-state index in [0.717, 1.165) is 24.3 Å². The average Bonchev–Trinajstić information content (AvgIpc) is 2.71. The molecule has 1 unspecified atom stereocenters. The maximum absolute atomic E-state index is 15.5. The van der Waals surface area contributed by atoms with Crippen molar-refractivity contribution < 1.29 is 26.3 Å². The van der Waals surface area contributed by atoms with Crippen LogP contribution < -0.4 is 0 Å². The molecule has 1 N–H and O–H groups in total. The summed E-state index contributed by atoms with van der Waals surface area (Å²) in [5.41, 5.74) is -0.294. The normalized spacial score (nSPS) is 20.7. The van der Waals surface area contributed by atoms with Gasteiger partial charge in [0.25, 0.3) is 0 Å². The Balaban J connectivity index is 2.29. The molecule has 6 nitrogen and oxygen atoms in total. The number of hydrogen-bond donors (Lipinski definition) is 1. The topological polar surface area (TPSA) is 112 Å². The van der Waals surface area contributed by atoms with Crippen molar-refractivity contribution in [3.8, 4) is 6.07 Å². The molecule has 1 heterocycles. The Morgan fingerprint density at radius 1 is 1.00 bits per heavy atom. The quantitative estimate of drug-likeness (QED) is 0.860. The highest BCUT2D eigenvalue weighted by Crippen LogP contribution is 2.52. The van der Waals surface area contributed by atoms with Crippen LogP contribution in [-0.2, 0) is 19.7 Å². The predicted octanol–water partition coefficient (Wildman–Crippen LogP) is 1.48. The summed E-state index contributed by atoms with van der Waals surface area (Å²) >= 11 is 0. The summed E-state index contributed by atoms with van der Waals surface area (Å²) in [6.07, 6.45) is -2.51. The largest absolute Gasteiger partial charge is 0.383 e. The number of aliphatic hydroxyl groups is 1. The lowest BCUT2D eigenvalue weighted by Crippen LogP contribution is -2.42. The molecule has 0 bridgehead atoms. The van der Waals surface area contributed by atoms with Gasteiger partial charge in [-0.2, -0.15) is 5.26 Å². The molecule has 0 spiro atoms. The number of hydrogen-bond acceptors (Lipinski definition) is 6. The molecular weight excluding hydrogens is 357 g/mol. The first-order valence-electron chi connectivity index (χ1n) is 6.63. The molecule has 1 aliphatic heterocycles. The summed E-state index contributed by atoms with van der Waals surface area (Å²) in [5, 5.41) is 19.2. The Kier molecular flexibility index (Phi) is 3.53. The van der Waals surface area contributed by atoms with Gasteiger partial charge in [0, 0.05) is 0 Å². The van der Waals surface area contributed by atoms with Crippen LogP contribution in [0.4, 0.5) is 4.39 Å². The van der Waals surface area contributed by atoms with E-state index in [-0.39, 0.29) is 11.1 Å². The minimum atomic E-state index is -5.01. The lowest BCUT2D eigenvalue weighted by molar-refractivity contribution is 0.0958. The van der Waals surface area contributed by atoms with Crippen molar-refractivity contribution in [1.29, 1.82) is 5.26 Å². The van der Waals surface area contributed by atoms with Crippen LogP contribution in [0.3, 0.4) is 0 Å². The molecule has 0 saturated carbocycles. The molecule has 2 aromatic rings. The molecule has 0 fully saturated rings. The number of halogens is 1. The molecule has 1 aliphatic rings. The fourth-order valence-electron chi connectivity index (χ4n) is 2.61. The molecule has 3 rings (SSSR count). The number of fused-ring (bicyclic) bond motifs is 1. The summed E-state index contributed by atoms with van der Waals surface area (Å²) in [5.74, 6) is 0. The van der Waals surface area contributed by atoms with Crippen LogP contribution in [-0.4, -0.2) is 26.3 Å². The van der Waals surface area contributed by atoms with Crippen LogP contribution in [0.5, 0.6) is 0 Å². The SMILES string of the molecule is N#Cc1cccc(C(O)C2(F)S(=O)(=O)c3ccccc3S2(=O)=O)c1. The van der Waals surface area contributed by atoms with Crippen molar-refractivity contribution in [2.75, 3.05) is 0 Å². The summed E-state index contributed by atoms with van der Waals surface area (Å²) in [7, 11) is -10.0. The Bertz CT molecular complexity index is 1030. The van der Waals surface area contributed by atoms with Gasteiger partial charge in [-0.15, -0.1) is 0 Å². The maximum Gasteiger partial charge on any atom is 0.346 e. The van der Waals surface area contributed by atoms with E-state index in [9.17, 15) is 21.9 Å². The fraction of sp³-hybridized carbons (Fsp3) is 0.133. The van der Waals surface area contributed by atoms with Crippen molar-refractivity contribution in [1.82, 2.24) is 0 Å². The second-order valence-corrected chi connectivity index (χ2v) is 9.52. The third-order valence-corrected chi connectivity index (χ3v) is 9.05. The molecule has 9 heteroatoms. The smallest absolute Gasteiger partial charge is 0.346 e. The Hall–Kier alpha value is -2.28. The monoisotopic (exact) mass is 367 g/mol. The first-order valence-corrected chi connectivity index (χ1v) is 9.60. The summed E-state index contributed by atoms with van der Waals surface area (Å²) in [6, 6.07) is 11.1. The van der Waals surface area contributed by atoms with Gasteiger partial charge in [0.05, 0.1) is 21.4 Å². The standard InChI is InChI=1S/C15H10FNO5S2/c16-15(14(18)11-5-3-4-10(8-11)9-17)23(19,20)12-6-1-2-7-13(12)24(15,21)22/h1-8,14,18H. The first kappa shape index (κ1) is 16.6. The molecule has 1 atom stereocenters. The van der Waals surface area contributed by atoms with E-state index in [1.54, 1.807) is 6.07 Å². The minimum absolute atomic E-state index is 0.0282. The summed E-state index contributed by atoms with van der Waals surface area (Å²) in [4.78, 5) is -1.38. The van der Waals surface area contributed by atoms with Crippen LogP contribution in [0.1, 0.15) is 17.2 Å². The number of nitriles is 1. The average molecular weight is 367 g/mol. The molecule has 0 amide bonds. The van der Waals surface area contributed by atoms with Crippen molar-refractivity contribution in [3.05, 3.63) is 59.7 Å². The van der Waals surface area contributed by atoms with Crippen molar-refractivity contribution in [3.63, 3.8) is 0 Å². The van der Waals surface area contributed by atoms with Gasteiger partial charge >= 0.3 is 4.33 Å². The van der Waals surface area contributed by atoms with Crippen molar-refractivity contribution in [2.45, 2.75) is 20.2 Å². The predicted molar refractivity (Wildman–Crippen MR) is 80.8 cm³/mol. The van der Waals surface area contributed by atoms with Gasteiger partial charge in [-0.05, 0) is 29.8 Å². The second kappa shape index (κ2) is 5.11. The van der Waals surface area contributed by atoms with E-state index in [1.165, 1.54) is 24.3 Å². The number of benzene rings is 2. The first-order chi connectivity index (χ1) is 11.2. The van der Waals surface area contributed by atoms with Crippen molar-refractivity contribution >= 4 is 19.7 Å². The highest BCUT2D eigenvalue weighted by Gasteiger charge is 2.68. The van der Waals surface area contributed by atoms with Gasteiger partial charge in [-0.3, -0.25) is 0 Å². The zero-order valence-corrected chi connectivity index (χ0v) is 13.6. The van der Waals surface area contributed by atoms with Crippen LogP contribution in [0.15, 0.2) is 58.3 Å². The Morgan fingerprint density at radius 2 is 1.54 bits per heavy atom. The molecule has 124 valence electrons. The van der Waals surface area contributed by atoms with E-state index < -0.39 is 39.9 Å². The molecule has 0 aromatic heterocycles. The third kappa shape index (κ3) is 1.87. The van der Waals surface area contributed by atoms with E-state index in [1.807, 2.05) is 0 Å². The lowest BCUT2D eigenvalue weighted by Gasteiger charge is -2.24. The van der Waals surface area contributed by atoms with Gasteiger partial charge in [0.2, 0.25) is 19.7 Å². The molecular formula is C15H10FNO5S2. The zero-order chi connectivity index (χ0) is 17.8. The number of alkyl halides is 1. The fourth-order valence-corrected chi connectivity index (χ4v) is 7.60.